The number of hydrogen-bond donors (Lipinski definition) is 1. The Morgan fingerprint density at radius 1 is 1.21 bits per heavy atom. The van der Waals surface area contributed by atoms with E-state index in [-0.39, 0.29) is 11.8 Å². The van der Waals surface area contributed by atoms with Crippen molar-refractivity contribution in [2.24, 2.45) is 7.05 Å². The molecule has 1 fully saturated rings. The van der Waals surface area contributed by atoms with Crippen molar-refractivity contribution in [1.82, 2.24) is 24.6 Å². The smallest absolute Gasteiger partial charge is 0.257 e. The van der Waals surface area contributed by atoms with E-state index in [9.17, 15) is 4.79 Å². The maximum atomic E-state index is 12.9. The Morgan fingerprint density at radius 3 is 2.79 bits per heavy atom. The molecule has 3 aromatic rings. The maximum absolute atomic E-state index is 12.9. The summed E-state index contributed by atoms with van der Waals surface area (Å²) in [5.41, 5.74) is 3.38. The average Bonchev–Trinajstić information content (AvgIpc) is 3.07. The van der Waals surface area contributed by atoms with E-state index < -0.39 is 0 Å². The number of aromatic nitrogens is 4. The van der Waals surface area contributed by atoms with Crippen LogP contribution in [0.5, 0.6) is 0 Å². The van der Waals surface area contributed by atoms with E-state index in [1.807, 2.05) is 55.4 Å². The largest absolute Gasteiger partial charge is 0.339 e. The molecule has 144 valence electrons. The summed E-state index contributed by atoms with van der Waals surface area (Å²) in [5.74, 6) is 1.10. The van der Waals surface area contributed by atoms with Gasteiger partial charge in [0.25, 0.3) is 5.91 Å². The number of hydrogen-bond acceptors (Lipinski definition) is 5. The van der Waals surface area contributed by atoms with Gasteiger partial charge in [-0.05, 0) is 44.0 Å². The van der Waals surface area contributed by atoms with E-state index in [2.05, 4.69) is 20.4 Å². The van der Waals surface area contributed by atoms with Crippen LogP contribution >= 0.6 is 0 Å². The molecule has 1 unspecified atom stereocenters. The van der Waals surface area contributed by atoms with E-state index in [0.717, 1.165) is 42.3 Å². The first-order valence-electron chi connectivity index (χ1n) is 9.53. The quantitative estimate of drug-likeness (QED) is 0.756. The van der Waals surface area contributed by atoms with Gasteiger partial charge in [-0.3, -0.25) is 14.5 Å². The average molecular weight is 376 g/mol. The number of nitrogens with one attached hydrogen (secondary N) is 1. The summed E-state index contributed by atoms with van der Waals surface area (Å²) in [5, 5.41) is 7.54. The molecule has 1 aliphatic rings. The third kappa shape index (κ3) is 3.88. The molecule has 4 rings (SSSR count). The molecule has 0 saturated carbocycles. The highest BCUT2D eigenvalue weighted by Crippen LogP contribution is 2.27. The number of carbonyl (C=O) groups is 1. The first-order valence-corrected chi connectivity index (χ1v) is 9.53. The Bertz CT molecular complexity index is 951. The molecule has 0 bridgehead atoms. The van der Waals surface area contributed by atoms with Crippen LogP contribution in [0.4, 0.5) is 11.5 Å². The number of likely N-dealkylation sites (tertiary alicyclic amines) is 1. The van der Waals surface area contributed by atoms with Crippen LogP contribution in [0, 0.1) is 6.92 Å². The number of piperidine rings is 1. The Balaban J connectivity index is 1.44. The highest BCUT2D eigenvalue weighted by molar-refractivity contribution is 5.95. The molecule has 4 heterocycles. The fraction of sp³-hybridized carbons (Fsp3) is 0.333. The van der Waals surface area contributed by atoms with Crippen molar-refractivity contribution in [1.29, 1.82) is 0 Å². The highest BCUT2D eigenvalue weighted by Gasteiger charge is 2.27. The van der Waals surface area contributed by atoms with E-state index in [1.54, 1.807) is 17.1 Å². The minimum absolute atomic E-state index is 0.0590. The van der Waals surface area contributed by atoms with E-state index >= 15 is 0 Å². The van der Waals surface area contributed by atoms with Crippen molar-refractivity contribution >= 4 is 17.4 Å². The minimum atomic E-state index is 0.0590. The second-order valence-electron chi connectivity index (χ2n) is 7.20. The SMILES string of the molecule is Cc1nn(C)cc1C(=O)N1CCCC(c2ccc(Nc3ccccn3)cn2)C1. The lowest BCUT2D eigenvalue weighted by Gasteiger charge is -2.32. The van der Waals surface area contributed by atoms with Crippen molar-refractivity contribution in [2.75, 3.05) is 18.4 Å². The molecule has 0 spiro atoms. The van der Waals surface area contributed by atoms with Gasteiger partial charge in [0, 0.05) is 44.1 Å². The zero-order chi connectivity index (χ0) is 19.5. The first kappa shape index (κ1) is 18.2. The summed E-state index contributed by atoms with van der Waals surface area (Å²) in [6.07, 6.45) is 7.40. The van der Waals surface area contributed by atoms with Crippen molar-refractivity contribution < 1.29 is 4.79 Å². The maximum Gasteiger partial charge on any atom is 0.257 e. The minimum Gasteiger partial charge on any atom is -0.339 e. The predicted molar refractivity (Wildman–Crippen MR) is 108 cm³/mol. The summed E-state index contributed by atoms with van der Waals surface area (Å²) < 4.78 is 1.69. The lowest BCUT2D eigenvalue weighted by atomic mass is 9.93. The fourth-order valence-corrected chi connectivity index (χ4v) is 3.69. The van der Waals surface area contributed by atoms with Gasteiger partial charge in [0.1, 0.15) is 5.82 Å². The molecule has 0 aliphatic carbocycles. The Kier molecular flexibility index (Phi) is 5.06. The summed E-state index contributed by atoms with van der Waals surface area (Å²) in [7, 11) is 1.84. The lowest BCUT2D eigenvalue weighted by molar-refractivity contribution is 0.0705. The highest BCUT2D eigenvalue weighted by atomic mass is 16.2. The number of amides is 1. The Morgan fingerprint density at radius 2 is 2.11 bits per heavy atom. The standard InChI is InChI=1S/C21H24N6O/c1-15-18(14-26(2)25-15)21(28)27-11-5-6-16(13-27)19-9-8-17(12-23-19)24-20-7-3-4-10-22-20/h3-4,7-10,12,14,16H,5-6,11,13H2,1-2H3,(H,22,24). The van der Waals surface area contributed by atoms with E-state index in [4.69, 9.17) is 0 Å². The fourth-order valence-electron chi connectivity index (χ4n) is 3.69. The molecule has 3 aromatic heterocycles. The van der Waals surface area contributed by atoms with Gasteiger partial charge in [0.15, 0.2) is 0 Å². The molecule has 1 atom stereocenters. The normalized spacial score (nSPS) is 16.8. The van der Waals surface area contributed by atoms with E-state index in [1.165, 1.54) is 0 Å². The molecule has 1 saturated heterocycles. The third-order valence-corrected chi connectivity index (χ3v) is 5.09. The van der Waals surface area contributed by atoms with Gasteiger partial charge < -0.3 is 10.2 Å². The van der Waals surface area contributed by atoms with Gasteiger partial charge in [-0.15, -0.1) is 0 Å². The number of pyridine rings is 2. The van der Waals surface area contributed by atoms with Crippen LogP contribution in [0.3, 0.4) is 0 Å². The van der Waals surface area contributed by atoms with Gasteiger partial charge in [-0.1, -0.05) is 6.07 Å². The Labute approximate surface area is 164 Å². The molecule has 7 heteroatoms. The summed E-state index contributed by atoms with van der Waals surface area (Å²) in [6, 6.07) is 9.80. The van der Waals surface area contributed by atoms with Gasteiger partial charge in [0.05, 0.1) is 23.1 Å². The summed E-state index contributed by atoms with van der Waals surface area (Å²) >= 11 is 0. The van der Waals surface area contributed by atoms with Gasteiger partial charge in [-0.2, -0.15) is 5.10 Å². The zero-order valence-corrected chi connectivity index (χ0v) is 16.2. The van der Waals surface area contributed by atoms with Crippen molar-refractivity contribution in [2.45, 2.75) is 25.7 Å². The van der Waals surface area contributed by atoms with Gasteiger partial charge >= 0.3 is 0 Å². The summed E-state index contributed by atoms with van der Waals surface area (Å²) in [6.45, 7) is 3.35. The van der Waals surface area contributed by atoms with Crippen LogP contribution in [0.15, 0.2) is 48.9 Å². The number of nitrogens with zero attached hydrogens (tertiary/aromatic N) is 5. The second kappa shape index (κ2) is 7.80. The lowest BCUT2D eigenvalue weighted by Crippen LogP contribution is -2.39. The van der Waals surface area contributed by atoms with Crippen molar-refractivity contribution in [3.63, 3.8) is 0 Å². The molecular formula is C21H24N6O. The van der Waals surface area contributed by atoms with Crippen LogP contribution < -0.4 is 5.32 Å². The van der Waals surface area contributed by atoms with Crippen LogP contribution in [-0.4, -0.2) is 43.6 Å². The molecule has 1 aliphatic heterocycles. The van der Waals surface area contributed by atoms with Crippen LogP contribution in [0.25, 0.3) is 0 Å². The topological polar surface area (TPSA) is 75.9 Å². The van der Waals surface area contributed by atoms with Crippen molar-refractivity contribution in [3.05, 3.63) is 65.9 Å². The molecule has 0 aromatic carbocycles. The van der Waals surface area contributed by atoms with Crippen LogP contribution in [-0.2, 0) is 7.05 Å². The molecule has 1 amide bonds. The zero-order valence-electron chi connectivity index (χ0n) is 16.2. The van der Waals surface area contributed by atoms with Crippen molar-refractivity contribution in [3.8, 4) is 0 Å². The molecule has 7 nitrogen and oxygen atoms in total. The second-order valence-corrected chi connectivity index (χ2v) is 7.20. The first-order chi connectivity index (χ1) is 13.6. The number of rotatable bonds is 4. The van der Waals surface area contributed by atoms with E-state index in [0.29, 0.717) is 12.1 Å². The van der Waals surface area contributed by atoms with Gasteiger partial charge in [-0.25, -0.2) is 4.98 Å². The number of aryl methyl sites for hydroxylation is 2. The molecule has 1 N–H and O–H groups in total. The monoisotopic (exact) mass is 376 g/mol. The van der Waals surface area contributed by atoms with Gasteiger partial charge in [0.2, 0.25) is 0 Å². The number of carbonyl (C=O) groups excluding carboxylic acids is 1. The molecule has 0 radical (unpaired) electrons. The Hall–Kier alpha value is -3.22. The third-order valence-electron chi connectivity index (χ3n) is 5.09. The summed E-state index contributed by atoms with van der Waals surface area (Å²) in [4.78, 5) is 23.7. The predicted octanol–water partition coefficient (Wildman–Crippen LogP) is 3.28. The molecular weight excluding hydrogens is 352 g/mol. The molecule has 28 heavy (non-hydrogen) atoms. The number of anilines is 2. The van der Waals surface area contributed by atoms with Crippen LogP contribution in [0.1, 0.15) is 40.5 Å². The van der Waals surface area contributed by atoms with Crippen LogP contribution in [0.2, 0.25) is 0 Å².